The Labute approximate surface area is 67.6 Å². The van der Waals surface area contributed by atoms with Crippen molar-refractivity contribution in [3.05, 3.63) is 12.7 Å². The summed E-state index contributed by atoms with van der Waals surface area (Å²) < 4.78 is 0. The first-order valence-electron chi connectivity index (χ1n) is 4.18. The third-order valence-corrected chi connectivity index (χ3v) is 2.41. The summed E-state index contributed by atoms with van der Waals surface area (Å²) >= 11 is 0. The highest BCUT2D eigenvalue weighted by atomic mass is 16.3. The summed E-state index contributed by atoms with van der Waals surface area (Å²) in [7, 11) is 0. The molecule has 0 amide bonds. The van der Waals surface area contributed by atoms with Gasteiger partial charge in [0, 0.05) is 0 Å². The van der Waals surface area contributed by atoms with Crippen LogP contribution in [-0.4, -0.2) is 21.9 Å². The SMILES string of the molecule is C=CCC1(O)CCC(O)CC1. The third kappa shape index (κ3) is 2.31. The standard InChI is InChI=1S/C9H16O2/c1-2-5-9(11)6-3-8(10)4-7-9/h2,8,10-11H,1,3-7H2. The van der Waals surface area contributed by atoms with Crippen LogP contribution in [0.15, 0.2) is 12.7 Å². The van der Waals surface area contributed by atoms with Crippen LogP contribution in [0.25, 0.3) is 0 Å². The van der Waals surface area contributed by atoms with Crippen LogP contribution < -0.4 is 0 Å². The summed E-state index contributed by atoms with van der Waals surface area (Å²) in [5, 5.41) is 19.0. The Morgan fingerprint density at radius 3 is 2.45 bits per heavy atom. The summed E-state index contributed by atoms with van der Waals surface area (Å²) in [6.45, 7) is 3.60. The van der Waals surface area contributed by atoms with E-state index < -0.39 is 5.60 Å². The van der Waals surface area contributed by atoms with Crippen molar-refractivity contribution in [2.45, 2.75) is 43.8 Å². The first kappa shape index (κ1) is 8.75. The first-order valence-corrected chi connectivity index (χ1v) is 4.18. The molecule has 0 aliphatic heterocycles. The average molecular weight is 156 g/mol. The van der Waals surface area contributed by atoms with E-state index in [1.807, 2.05) is 0 Å². The Morgan fingerprint density at radius 1 is 1.45 bits per heavy atom. The second-order valence-electron chi connectivity index (χ2n) is 3.45. The van der Waals surface area contributed by atoms with Crippen molar-refractivity contribution in [2.24, 2.45) is 0 Å². The highest BCUT2D eigenvalue weighted by Crippen LogP contribution is 2.30. The molecule has 0 unspecified atom stereocenters. The molecule has 1 aliphatic rings. The van der Waals surface area contributed by atoms with Crippen molar-refractivity contribution >= 4 is 0 Å². The third-order valence-electron chi connectivity index (χ3n) is 2.41. The molecule has 64 valence electrons. The maximum absolute atomic E-state index is 9.81. The predicted octanol–water partition coefficient (Wildman–Crippen LogP) is 1.23. The van der Waals surface area contributed by atoms with Gasteiger partial charge in [-0.15, -0.1) is 6.58 Å². The fourth-order valence-electron chi connectivity index (χ4n) is 1.61. The zero-order valence-electron chi connectivity index (χ0n) is 6.79. The van der Waals surface area contributed by atoms with Gasteiger partial charge in [0.05, 0.1) is 11.7 Å². The Balaban J connectivity index is 2.41. The number of hydrogen-bond donors (Lipinski definition) is 2. The van der Waals surface area contributed by atoms with Crippen LogP contribution in [0.4, 0.5) is 0 Å². The van der Waals surface area contributed by atoms with Crippen LogP contribution in [0.1, 0.15) is 32.1 Å². The molecule has 0 aromatic carbocycles. The molecule has 0 heterocycles. The first-order chi connectivity index (χ1) is 5.16. The molecule has 2 N–H and O–H groups in total. The summed E-state index contributed by atoms with van der Waals surface area (Å²) in [6.07, 6.45) is 5.08. The zero-order valence-corrected chi connectivity index (χ0v) is 6.79. The average Bonchev–Trinajstić information content (AvgIpc) is 1.97. The van der Waals surface area contributed by atoms with E-state index in [2.05, 4.69) is 6.58 Å². The molecule has 0 spiro atoms. The minimum atomic E-state index is -0.568. The maximum atomic E-state index is 9.81. The van der Waals surface area contributed by atoms with Gasteiger partial charge in [-0.3, -0.25) is 0 Å². The monoisotopic (exact) mass is 156 g/mol. The topological polar surface area (TPSA) is 40.5 Å². The maximum Gasteiger partial charge on any atom is 0.0683 e. The van der Waals surface area contributed by atoms with Gasteiger partial charge in [0.1, 0.15) is 0 Å². The van der Waals surface area contributed by atoms with E-state index in [-0.39, 0.29) is 6.10 Å². The normalized spacial score (nSPS) is 38.5. The van der Waals surface area contributed by atoms with Gasteiger partial charge in [-0.25, -0.2) is 0 Å². The fourth-order valence-corrected chi connectivity index (χ4v) is 1.61. The number of rotatable bonds is 2. The Kier molecular flexibility index (Phi) is 2.68. The van der Waals surface area contributed by atoms with E-state index in [1.165, 1.54) is 0 Å². The van der Waals surface area contributed by atoms with Crippen molar-refractivity contribution in [3.63, 3.8) is 0 Å². The van der Waals surface area contributed by atoms with Crippen LogP contribution in [0.5, 0.6) is 0 Å². The molecule has 1 aliphatic carbocycles. The van der Waals surface area contributed by atoms with Crippen molar-refractivity contribution in [1.82, 2.24) is 0 Å². The van der Waals surface area contributed by atoms with Crippen molar-refractivity contribution in [3.8, 4) is 0 Å². The van der Waals surface area contributed by atoms with Gasteiger partial charge in [0.15, 0.2) is 0 Å². The summed E-state index contributed by atoms with van der Waals surface area (Å²) in [4.78, 5) is 0. The van der Waals surface area contributed by atoms with Gasteiger partial charge in [-0.05, 0) is 32.1 Å². The fraction of sp³-hybridized carbons (Fsp3) is 0.778. The van der Waals surface area contributed by atoms with Crippen molar-refractivity contribution in [1.29, 1.82) is 0 Å². The highest BCUT2D eigenvalue weighted by molar-refractivity contribution is 4.90. The predicted molar refractivity (Wildman–Crippen MR) is 44.2 cm³/mol. The van der Waals surface area contributed by atoms with Gasteiger partial charge >= 0.3 is 0 Å². The molecule has 1 saturated carbocycles. The lowest BCUT2D eigenvalue weighted by Crippen LogP contribution is -2.35. The van der Waals surface area contributed by atoms with Gasteiger partial charge in [0.2, 0.25) is 0 Å². The Bertz CT molecular complexity index is 134. The minimum Gasteiger partial charge on any atom is -0.393 e. The van der Waals surface area contributed by atoms with Crippen LogP contribution in [-0.2, 0) is 0 Å². The largest absolute Gasteiger partial charge is 0.393 e. The summed E-state index contributed by atoms with van der Waals surface area (Å²) in [5.74, 6) is 0. The van der Waals surface area contributed by atoms with E-state index >= 15 is 0 Å². The van der Waals surface area contributed by atoms with Crippen LogP contribution >= 0.6 is 0 Å². The number of hydrogen-bond acceptors (Lipinski definition) is 2. The van der Waals surface area contributed by atoms with Crippen molar-refractivity contribution in [2.75, 3.05) is 0 Å². The lowest BCUT2D eigenvalue weighted by molar-refractivity contribution is -0.0291. The molecule has 0 atom stereocenters. The molecule has 0 bridgehead atoms. The van der Waals surface area contributed by atoms with Crippen LogP contribution in [0, 0.1) is 0 Å². The Hall–Kier alpha value is -0.340. The molecule has 1 fully saturated rings. The number of aliphatic hydroxyl groups is 2. The smallest absolute Gasteiger partial charge is 0.0683 e. The molecule has 0 saturated heterocycles. The second-order valence-corrected chi connectivity index (χ2v) is 3.45. The molecule has 11 heavy (non-hydrogen) atoms. The Morgan fingerprint density at radius 2 is 2.00 bits per heavy atom. The van der Waals surface area contributed by atoms with E-state index in [1.54, 1.807) is 6.08 Å². The molecule has 0 aromatic heterocycles. The molecule has 0 aromatic rings. The van der Waals surface area contributed by atoms with E-state index in [9.17, 15) is 10.2 Å². The summed E-state index contributed by atoms with van der Waals surface area (Å²) in [5.41, 5.74) is -0.568. The molecular weight excluding hydrogens is 140 g/mol. The van der Waals surface area contributed by atoms with E-state index in [4.69, 9.17) is 0 Å². The highest BCUT2D eigenvalue weighted by Gasteiger charge is 2.30. The van der Waals surface area contributed by atoms with Crippen molar-refractivity contribution < 1.29 is 10.2 Å². The van der Waals surface area contributed by atoms with E-state index in [0.717, 1.165) is 12.8 Å². The molecule has 2 nitrogen and oxygen atoms in total. The molecule has 1 rings (SSSR count). The zero-order chi connectivity index (χ0) is 8.32. The van der Waals surface area contributed by atoms with Gasteiger partial charge in [-0.1, -0.05) is 6.08 Å². The van der Waals surface area contributed by atoms with Gasteiger partial charge in [-0.2, -0.15) is 0 Å². The van der Waals surface area contributed by atoms with E-state index in [0.29, 0.717) is 19.3 Å². The molecular formula is C9H16O2. The summed E-state index contributed by atoms with van der Waals surface area (Å²) in [6, 6.07) is 0. The lowest BCUT2D eigenvalue weighted by atomic mass is 9.81. The molecule has 0 radical (unpaired) electrons. The van der Waals surface area contributed by atoms with Gasteiger partial charge in [0.25, 0.3) is 0 Å². The second kappa shape index (κ2) is 3.37. The van der Waals surface area contributed by atoms with Crippen LogP contribution in [0.2, 0.25) is 0 Å². The minimum absolute atomic E-state index is 0.194. The quantitative estimate of drug-likeness (QED) is 0.590. The van der Waals surface area contributed by atoms with Crippen LogP contribution in [0.3, 0.4) is 0 Å². The molecule has 2 heteroatoms. The lowest BCUT2D eigenvalue weighted by Gasteiger charge is -2.33. The number of aliphatic hydroxyl groups excluding tert-OH is 1. The van der Waals surface area contributed by atoms with Gasteiger partial charge < -0.3 is 10.2 Å².